The van der Waals surface area contributed by atoms with Gasteiger partial charge in [-0.15, -0.1) is 0 Å². The van der Waals surface area contributed by atoms with E-state index in [9.17, 15) is 30.4 Å². The standard InChI is InChI=1S/C16H12F5NO3S/c1-16(21)14(22)13-11(26(16,23)24)3-2-10(12(13)15(19)20)25-9-5-7(17)4-8(18)6-9/h2-6,14-15H,22H2,1H3. The van der Waals surface area contributed by atoms with Gasteiger partial charge in [0.25, 0.3) is 6.43 Å². The molecule has 0 saturated carbocycles. The van der Waals surface area contributed by atoms with Crippen molar-refractivity contribution in [3.63, 3.8) is 0 Å². The first-order valence-electron chi connectivity index (χ1n) is 7.25. The van der Waals surface area contributed by atoms with E-state index in [0.29, 0.717) is 13.0 Å². The Bertz CT molecular complexity index is 971. The molecule has 2 aromatic carbocycles. The van der Waals surface area contributed by atoms with Crippen molar-refractivity contribution < 1.29 is 35.1 Å². The molecule has 10 heteroatoms. The molecule has 2 N–H and O–H groups in total. The molecule has 2 atom stereocenters. The second kappa shape index (κ2) is 5.92. The summed E-state index contributed by atoms with van der Waals surface area (Å²) in [5.41, 5.74) is 4.03. The fourth-order valence-corrected chi connectivity index (χ4v) is 4.48. The average Bonchev–Trinajstić information content (AvgIpc) is 2.64. The van der Waals surface area contributed by atoms with E-state index in [1.807, 2.05) is 0 Å². The second-order valence-electron chi connectivity index (χ2n) is 5.86. The Balaban J connectivity index is 2.20. The minimum absolute atomic E-state index is 0.429. The molecule has 2 aromatic rings. The first kappa shape index (κ1) is 18.6. The maximum Gasteiger partial charge on any atom is 0.267 e. The summed E-state index contributed by atoms with van der Waals surface area (Å²) in [4.78, 5) is -0.664. The van der Waals surface area contributed by atoms with E-state index in [4.69, 9.17) is 10.5 Å². The van der Waals surface area contributed by atoms with Crippen molar-refractivity contribution in [3.8, 4) is 11.5 Å². The van der Waals surface area contributed by atoms with Crippen LogP contribution in [-0.2, 0) is 9.84 Å². The van der Waals surface area contributed by atoms with Crippen LogP contribution in [0.25, 0.3) is 0 Å². The normalized spacial score (nSPS) is 23.9. The maximum absolute atomic E-state index is 14.6. The van der Waals surface area contributed by atoms with E-state index >= 15 is 0 Å². The Morgan fingerprint density at radius 2 is 1.73 bits per heavy atom. The van der Waals surface area contributed by atoms with Gasteiger partial charge < -0.3 is 10.5 Å². The number of alkyl halides is 3. The van der Waals surface area contributed by atoms with E-state index in [0.717, 1.165) is 24.3 Å². The molecular weight excluding hydrogens is 381 g/mol. The summed E-state index contributed by atoms with van der Waals surface area (Å²) in [5.74, 6) is -3.01. The second-order valence-corrected chi connectivity index (χ2v) is 8.11. The molecule has 0 radical (unpaired) electrons. The number of sulfone groups is 1. The minimum atomic E-state index is -4.59. The van der Waals surface area contributed by atoms with Gasteiger partial charge in [-0.25, -0.2) is 30.4 Å². The Morgan fingerprint density at radius 1 is 1.15 bits per heavy atom. The van der Waals surface area contributed by atoms with Gasteiger partial charge in [0.2, 0.25) is 14.8 Å². The molecule has 140 valence electrons. The third kappa shape index (κ3) is 2.64. The summed E-state index contributed by atoms with van der Waals surface area (Å²) in [7, 11) is -4.59. The molecule has 0 amide bonds. The summed E-state index contributed by atoms with van der Waals surface area (Å²) in [5, 5.41) is -2.98. The van der Waals surface area contributed by atoms with Crippen LogP contribution < -0.4 is 10.5 Å². The molecule has 0 aromatic heterocycles. The van der Waals surface area contributed by atoms with Crippen molar-refractivity contribution in [2.75, 3.05) is 0 Å². The summed E-state index contributed by atoms with van der Waals surface area (Å²) < 4.78 is 97.9. The van der Waals surface area contributed by atoms with Crippen molar-refractivity contribution in [2.24, 2.45) is 5.73 Å². The number of ether oxygens (including phenoxy) is 1. The summed E-state index contributed by atoms with van der Waals surface area (Å²) in [6.45, 7) is 0.685. The number of halogens is 5. The SMILES string of the molecule is CC1(F)C(N)c2c(ccc(Oc3cc(F)cc(F)c3)c2C(F)F)S1(=O)=O. The molecule has 0 fully saturated rings. The molecular formula is C16H12F5NO3S. The molecule has 3 rings (SSSR count). The Kier molecular flexibility index (Phi) is 4.23. The third-order valence-electron chi connectivity index (χ3n) is 4.17. The van der Waals surface area contributed by atoms with Gasteiger partial charge in [0.15, 0.2) is 0 Å². The summed E-state index contributed by atoms with van der Waals surface area (Å²) >= 11 is 0. The summed E-state index contributed by atoms with van der Waals surface area (Å²) in [6, 6.07) is 1.93. The topological polar surface area (TPSA) is 69.4 Å². The van der Waals surface area contributed by atoms with Crippen LogP contribution in [0.15, 0.2) is 35.2 Å². The summed E-state index contributed by atoms with van der Waals surface area (Å²) in [6.07, 6.45) is -3.27. The largest absolute Gasteiger partial charge is 0.457 e. The fourth-order valence-electron chi connectivity index (χ4n) is 2.82. The van der Waals surface area contributed by atoms with Crippen LogP contribution in [0.5, 0.6) is 11.5 Å². The number of rotatable bonds is 3. The highest BCUT2D eigenvalue weighted by molar-refractivity contribution is 7.93. The highest BCUT2D eigenvalue weighted by Gasteiger charge is 2.56. The van der Waals surface area contributed by atoms with Crippen LogP contribution in [0, 0.1) is 11.6 Å². The van der Waals surface area contributed by atoms with E-state index < -0.39 is 66.5 Å². The van der Waals surface area contributed by atoms with Crippen LogP contribution in [-0.4, -0.2) is 13.4 Å². The highest BCUT2D eigenvalue weighted by atomic mass is 32.2. The molecule has 1 heterocycles. The smallest absolute Gasteiger partial charge is 0.267 e. The van der Waals surface area contributed by atoms with Crippen molar-refractivity contribution in [1.82, 2.24) is 0 Å². The third-order valence-corrected chi connectivity index (χ3v) is 6.41. The lowest BCUT2D eigenvalue weighted by Crippen LogP contribution is -2.35. The van der Waals surface area contributed by atoms with Gasteiger partial charge in [0, 0.05) is 23.8 Å². The molecule has 26 heavy (non-hydrogen) atoms. The van der Waals surface area contributed by atoms with Crippen LogP contribution in [0.2, 0.25) is 0 Å². The van der Waals surface area contributed by atoms with Gasteiger partial charge in [0.1, 0.15) is 23.1 Å². The maximum atomic E-state index is 14.6. The van der Waals surface area contributed by atoms with Crippen molar-refractivity contribution in [2.45, 2.75) is 29.3 Å². The van der Waals surface area contributed by atoms with Crippen LogP contribution in [0.3, 0.4) is 0 Å². The number of fused-ring (bicyclic) bond motifs is 1. The number of hydrogen-bond donors (Lipinski definition) is 1. The first-order chi connectivity index (χ1) is 12.0. The molecule has 0 saturated heterocycles. The molecule has 0 bridgehead atoms. The monoisotopic (exact) mass is 393 g/mol. The zero-order valence-electron chi connectivity index (χ0n) is 13.1. The minimum Gasteiger partial charge on any atom is -0.457 e. The Hall–Kier alpha value is -2.20. The lowest BCUT2D eigenvalue weighted by atomic mass is 9.97. The predicted octanol–water partition coefficient (Wildman–Crippen LogP) is 4.17. The quantitative estimate of drug-likeness (QED) is 0.795. The molecule has 1 aliphatic rings. The fraction of sp³-hybridized carbons (Fsp3) is 0.250. The number of benzene rings is 2. The zero-order valence-corrected chi connectivity index (χ0v) is 14.0. The van der Waals surface area contributed by atoms with E-state index in [2.05, 4.69) is 0 Å². The van der Waals surface area contributed by atoms with Gasteiger partial charge in [-0.05, 0) is 19.1 Å². The lowest BCUT2D eigenvalue weighted by Gasteiger charge is -2.19. The van der Waals surface area contributed by atoms with E-state index in [1.54, 1.807) is 0 Å². The Morgan fingerprint density at radius 3 is 2.27 bits per heavy atom. The Labute approximate surface area is 145 Å². The highest BCUT2D eigenvalue weighted by Crippen LogP contribution is 2.52. The van der Waals surface area contributed by atoms with Crippen molar-refractivity contribution in [3.05, 3.63) is 53.1 Å². The molecule has 1 aliphatic heterocycles. The van der Waals surface area contributed by atoms with E-state index in [1.165, 1.54) is 0 Å². The predicted molar refractivity (Wildman–Crippen MR) is 81.5 cm³/mol. The van der Waals surface area contributed by atoms with Gasteiger partial charge in [-0.2, -0.15) is 0 Å². The van der Waals surface area contributed by atoms with Gasteiger partial charge in [-0.1, -0.05) is 0 Å². The first-order valence-corrected chi connectivity index (χ1v) is 8.73. The number of nitrogens with two attached hydrogens (primary N) is 1. The lowest BCUT2D eigenvalue weighted by molar-refractivity contribution is 0.144. The van der Waals surface area contributed by atoms with Crippen LogP contribution >= 0.6 is 0 Å². The molecule has 4 nitrogen and oxygen atoms in total. The van der Waals surface area contributed by atoms with Crippen molar-refractivity contribution >= 4 is 9.84 Å². The molecule has 2 unspecified atom stereocenters. The van der Waals surface area contributed by atoms with Crippen LogP contribution in [0.1, 0.15) is 30.5 Å². The van der Waals surface area contributed by atoms with Crippen LogP contribution in [0.4, 0.5) is 22.0 Å². The van der Waals surface area contributed by atoms with E-state index in [-0.39, 0.29) is 0 Å². The average molecular weight is 393 g/mol. The van der Waals surface area contributed by atoms with Gasteiger partial charge >= 0.3 is 0 Å². The zero-order chi connectivity index (χ0) is 19.4. The molecule has 0 aliphatic carbocycles. The van der Waals surface area contributed by atoms with Gasteiger partial charge in [0.05, 0.1) is 16.5 Å². The molecule has 0 spiro atoms. The number of hydrogen-bond acceptors (Lipinski definition) is 4. The van der Waals surface area contributed by atoms with Crippen molar-refractivity contribution in [1.29, 1.82) is 0 Å². The van der Waals surface area contributed by atoms with Gasteiger partial charge in [-0.3, -0.25) is 0 Å².